The number of nitrogen functional groups attached to an aromatic ring is 1. The largest absolute Gasteiger partial charge is 0.384 e. The van der Waals surface area contributed by atoms with Crippen LogP contribution in [0.15, 0.2) is 12.3 Å². The summed E-state index contributed by atoms with van der Waals surface area (Å²) in [4.78, 5) is 13.1. The summed E-state index contributed by atoms with van der Waals surface area (Å²) in [7, 11) is 0. The maximum absolute atomic E-state index is 10.2. The summed E-state index contributed by atoms with van der Waals surface area (Å²) >= 11 is 5.46. The molecule has 0 bridgehead atoms. The van der Waals surface area contributed by atoms with E-state index in [-0.39, 0.29) is 16.5 Å². The molecule has 5 nitrogen and oxygen atoms in total. The Bertz CT molecular complexity index is 302. The lowest BCUT2D eigenvalue weighted by Gasteiger charge is -1.94. The zero-order chi connectivity index (χ0) is 8.43. The Hall–Kier alpha value is -1.36. The standard InChI is InChI=1S/C5H4ClN3O2/c6-3-1-5(7)8-2-4(3)9(10)11/h1-2H,(H2,7,8). The average molecular weight is 174 g/mol. The maximum Gasteiger partial charge on any atom is 0.306 e. The van der Waals surface area contributed by atoms with Gasteiger partial charge >= 0.3 is 5.69 Å². The van der Waals surface area contributed by atoms with E-state index in [0.29, 0.717) is 0 Å². The van der Waals surface area contributed by atoms with Gasteiger partial charge in [-0.05, 0) is 0 Å². The van der Waals surface area contributed by atoms with Gasteiger partial charge in [-0.2, -0.15) is 0 Å². The number of hydrogen-bond acceptors (Lipinski definition) is 4. The van der Waals surface area contributed by atoms with Crippen LogP contribution in [-0.4, -0.2) is 9.91 Å². The van der Waals surface area contributed by atoms with Crippen LogP contribution in [0.3, 0.4) is 0 Å². The highest BCUT2D eigenvalue weighted by Gasteiger charge is 2.11. The summed E-state index contributed by atoms with van der Waals surface area (Å²) in [5.74, 6) is 0.167. The van der Waals surface area contributed by atoms with Crippen molar-refractivity contribution in [3.8, 4) is 0 Å². The minimum atomic E-state index is -0.616. The highest BCUT2D eigenvalue weighted by atomic mass is 35.5. The molecule has 2 N–H and O–H groups in total. The molecule has 58 valence electrons. The van der Waals surface area contributed by atoms with E-state index in [9.17, 15) is 10.1 Å². The van der Waals surface area contributed by atoms with E-state index >= 15 is 0 Å². The molecule has 0 atom stereocenters. The summed E-state index contributed by atoms with van der Waals surface area (Å²) < 4.78 is 0. The second kappa shape index (κ2) is 2.71. The van der Waals surface area contributed by atoms with Gasteiger partial charge in [0.2, 0.25) is 0 Å². The van der Waals surface area contributed by atoms with Gasteiger partial charge < -0.3 is 5.73 Å². The fourth-order valence-corrected chi connectivity index (χ4v) is 0.802. The Morgan fingerprint density at radius 2 is 2.36 bits per heavy atom. The number of anilines is 1. The monoisotopic (exact) mass is 173 g/mol. The van der Waals surface area contributed by atoms with Crippen molar-refractivity contribution in [2.75, 3.05) is 5.73 Å². The molecule has 11 heavy (non-hydrogen) atoms. The second-order valence-electron chi connectivity index (χ2n) is 1.82. The third kappa shape index (κ3) is 1.56. The highest BCUT2D eigenvalue weighted by Crippen LogP contribution is 2.23. The molecule has 0 saturated heterocycles. The second-order valence-corrected chi connectivity index (χ2v) is 2.22. The third-order valence-corrected chi connectivity index (χ3v) is 1.35. The van der Waals surface area contributed by atoms with E-state index in [2.05, 4.69) is 4.98 Å². The van der Waals surface area contributed by atoms with Gasteiger partial charge in [0.05, 0.1) is 4.92 Å². The number of nitrogens with zero attached hydrogens (tertiary/aromatic N) is 2. The van der Waals surface area contributed by atoms with E-state index in [4.69, 9.17) is 17.3 Å². The molecule has 0 unspecified atom stereocenters. The first-order valence-corrected chi connectivity index (χ1v) is 3.04. The molecule has 0 saturated carbocycles. The summed E-state index contributed by atoms with van der Waals surface area (Å²) in [5, 5.41) is 10.2. The van der Waals surface area contributed by atoms with Crippen LogP contribution < -0.4 is 5.73 Å². The molecule has 0 aliphatic heterocycles. The molecule has 0 spiro atoms. The number of nitrogens with two attached hydrogens (primary N) is 1. The number of halogens is 1. The zero-order valence-electron chi connectivity index (χ0n) is 5.32. The van der Waals surface area contributed by atoms with Crippen LogP contribution in [0.25, 0.3) is 0 Å². The van der Waals surface area contributed by atoms with Gasteiger partial charge in [0.1, 0.15) is 17.0 Å². The first kappa shape index (κ1) is 7.74. The molecule has 1 rings (SSSR count). The minimum Gasteiger partial charge on any atom is -0.384 e. The van der Waals surface area contributed by atoms with Gasteiger partial charge in [0.25, 0.3) is 0 Å². The fraction of sp³-hybridized carbons (Fsp3) is 0. The normalized spacial score (nSPS) is 9.55. The van der Waals surface area contributed by atoms with Crippen molar-refractivity contribution in [3.05, 3.63) is 27.4 Å². The molecule has 0 fully saturated rings. The lowest BCUT2D eigenvalue weighted by molar-refractivity contribution is -0.385. The Balaban J connectivity index is 3.20. The molecule has 6 heteroatoms. The van der Waals surface area contributed by atoms with Gasteiger partial charge in [-0.25, -0.2) is 4.98 Å². The Kier molecular flexibility index (Phi) is 1.91. The summed E-state index contributed by atoms with van der Waals surface area (Å²) in [6.45, 7) is 0. The number of nitro groups is 1. The van der Waals surface area contributed by atoms with E-state index in [1.807, 2.05) is 0 Å². The molecule has 0 amide bonds. The summed E-state index contributed by atoms with van der Waals surface area (Å²) in [6.07, 6.45) is 1.03. The minimum absolute atomic E-state index is 0.00231. The summed E-state index contributed by atoms with van der Waals surface area (Å²) in [5.41, 5.74) is 4.97. The molecule has 1 aromatic heterocycles. The van der Waals surface area contributed by atoms with Crippen molar-refractivity contribution in [3.63, 3.8) is 0 Å². The highest BCUT2D eigenvalue weighted by molar-refractivity contribution is 6.32. The molecular weight excluding hydrogens is 170 g/mol. The first-order chi connectivity index (χ1) is 5.11. The molecule has 1 heterocycles. The molecule has 0 aliphatic carbocycles. The van der Waals surface area contributed by atoms with E-state index in [1.165, 1.54) is 6.07 Å². The van der Waals surface area contributed by atoms with Crippen molar-refractivity contribution < 1.29 is 4.92 Å². The van der Waals surface area contributed by atoms with Crippen LogP contribution in [-0.2, 0) is 0 Å². The van der Waals surface area contributed by atoms with Crippen LogP contribution >= 0.6 is 11.6 Å². The topological polar surface area (TPSA) is 82.0 Å². The van der Waals surface area contributed by atoms with E-state index in [0.717, 1.165) is 6.20 Å². The Labute approximate surface area is 66.9 Å². The zero-order valence-corrected chi connectivity index (χ0v) is 6.08. The molecule has 1 aromatic rings. The number of pyridine rings is 1. The van der Waals surface area contributed by atoms with Gasteiger partial charge in [0.15, 0.2) is 0 Å². The molecule has 0 aromatic carbocycles. The van der Waals surface area contributed by atoms with E-state index < -0.39 is 4.92 Å². The van der Waals surface area contributed by atoms with E-state index in [1.54, 1.807) is 0 Å². The average Bonchev–Trinajstić information content (AvgIpc) is 1.85. The van der Waals surface area contributed by atoms with Gasteiger partial charge in [-0.15, -0.1) is 0 Å². The van der Waals surface area contributed by atoms with Crippen LogP contribution in [0, 0.1) is 10.1 Å². The van der Waals surface area contributed by atoms with Gasteiger partial charge in [-0.3, -0.25) is 10.1 Å². The van der Waals surface area contributed by atoms with Gasteiger partial charge in [0, 0.05) is 6.07 Å². The number of hydrogen-bond donors (Lipinski definition) is 1. The quantitative estimate of drug-likeness (QED) is 0.511. The lowest BCUT2D eigenvalue weighted by atomic mass is 10.4. The molecular formula is C5H4ClN3O2. The van der Waals surface area contributed by atoms with Crippen molar-refractivity contribution in [2.24, 2.45) is 0 Å². The third-order valence-electron chi connectivity index (χ3n) is 1.05. The molecule has 0 aliphatic rings. The van der Waals surface area contributed by atoms with Crippen LogP contribution in [0.4, 0.5) is 11.5 Å². The van der Waals surface area contributed by atoms with Crippen molar-refractivity contribution in [1.29, 1.82) is 0 Å². The Morgan fingerprint density at radius 1 is 1.73 bits per heavy atom. The first-order valence-electron chi connectivity index (χ1n) is 2.66. The van der Waals surface area contributed by atoms with Crippen molar-refractivity contribution in [1.82, 2.24) is 4.98 Å². The summed E-state index contributed by atoms with van der Waals surface area (Å²) in [6, 6.07) is 1.24. The lowest BCUT2D eigenvalue weighted by Crippen LogP contribution is -1.94. The van der Waals surface area contributed by atoms with Gasteiger partial charge in [-0.1, -0.05) is 11.6 Å². The predicted octanol–water partition coefficient (Wildman–Crippen LogP) is 1.23. The SMILES string of the molecule is Nc1cc(Cl)c([N+](=O)[O-])cn1. The van der Waals surface area contributed by atoms with Crippen LogP contribution in [0.1, 0.15) is 0 Å². The van der Waals surface area contributed by atoms with Crippen LogP contribution in [0.2, 0.25) is 5.02 Å². The smallest absolute Gasteiger partial charge is 0.306 e. The predicted molar refractivity (Wildman–Crippen MR) is 40.3 cm³/mol. The van der Waals surface area contributed by atoms with Crippen molar-refractivity contribution in [2.45, 2.75) is 0 Å². The Morgan fingerprint density at radius 3 is 2.82 bits per heavy atom. The maximum atomic E-state index is 10.2. The number of aromatic nitrogens is 1. The van der Waals surface area contributed by atoms with Crippen LogP contribution in [0.5, 0.6) is 0 Å². The number of rotatable bonds is 1. The van der Waals surface area contributed by atoms with Crippen molar-refractivity contribution >= 4 is 23.1 Å². The molecule has 0 radical (unpaired) electrons. The fourth-order valence-electron chi connectivity index (χ4n) is 0.573.